The van der Waals surface area contributed by atoms with Gasteiger partial charge >= 0.3 is 0 Å². The van der Waals surface area contributed by atoms with Gasteiger partial charge in [-0.1, -0.05) is 0 Å². The molecule has 0 bridgehead atoms. The summed E-state index contributed by atoms with van der Waals surface area (Å²) in [5, 5.41) is 27.8. The fraction of sp³-hybridized carbons (Fsp3) is 0.650. The Hall–Kier alpha value is -2.03. The SMILES string of the molecule is Cc1cc(CC(=O)N2CCC3(CC2)OCC[C@@](C)(O)[C@@H]3O)cc(C)n1.O=CO. The average molecular weight is 394 g/mol. The molecule has 3 N–H and O–H groups in total. The van der Waals surface area contributed by atoms with Crippen molar-refractivity contribution in [2.45, 2.75) is 63.8 Å². The topological polar surface area (TPSA) is 120 Å². The van der Waals surface area contributed by atoms with Gasteiger partial charge in [0.1, 0.15) is 11.7 Å². The highest BCUT2D eigenvalue weighted by atomic mass is 16.5. The molecule has 8 nitrogen and oxygen atoms in total. The summed E-state index contributed by atoms with van der Waals surface area (Å²) < 4.78 is 5.88. The summed E-state index contributed by atoms with van der Waals surface area (Å²) in [4.78, 5) is 27.2. The van der Waals surface area contributed by atoms with E-state index in [4.69, 9.17) is 14.6 Å². The monoisotopic (exact) mass is 394 g/mol. The molecule has 2 atom stereocenters. The summed E-state index contributed by atoms with van der Waals surface area (Å²) in [6.07, 6.45) is 0.962. The molecule has 28 heavy (non-hydrogen) atoms. The third-order valence-electron chi connectivity index (χ3n) is 5.54. The van der Waals surface area contributed by atoms with Crippen LogP contribution in [0.2, 0.25) is 0 Å². The second kappa shape index (κ2) is 8.98. The number of piperidine rings is 1. The Morgan fingerprint density at radius 1 is 1.29 bits per heavy atom. The molecule has 0 aliphatic carbocycles. The number of ether oxygens (including phenoxy) is 1. The molecule has 0 unspecified atom stereocenters. The van der Waals surface area contributed by atoms with Gasteiger partial charge in [0.25, 0.3) is 6.47 Å². The minimum Gasteiger partial charge on any atom is -0.483 e. The first kappa shape index (κ1) is 22.3. The smallest absolute Gasteiger partial charge is 0.290 e. The fourth-order valence-corrected chi connectivity index (χ4v) is 4.11. The summed E-state index contributed by atoms with van der Waals surface area (Å²) in [5.74, 6) is 0.0805. The van der Waals surface area contributed by atoms with Crippen molar-refractivity contribution >= 4 is 12.4 Å². The first-order valence-corrected chi connectivity index (χ1v) is 9.48. The van der Waals surface area contributed by atoms with Crippen LogP contribution in [0.3, 0.4) is 0 Å². The molecule has 0 radical (unpaired) electrons. The van der Waals surface area contributed by atoms with E-state index in [0.29, 0.717) is 45.4 Å². The van der Waals surface area contributed by atoms with Crippen molar-refractivity contribution < 1.29 is 29.6 Å². The molecule has 3 heterocycles. The largest absolute Gasteiger partial charge is 0.483 e. The highest BCUT2D eigenvalue weighted by Crippen LogP contribution is 2.39. The van der Waals surface area contributed by atoms with E-state index in [1.807, 2.05) is 30.9 Å². The number of aromatic nitrogens is 1. The number of likely N-dealkylation sites (tertiary alicyclic amines) is 1. The molecule has 2 saturated heterocycles. The van der Waals surface area contributed by atoms with Crippen molar-refractivity contribution in [2.24, 2.45) is 0 Å². The number of carboxylic acid groups (broad SMARTS) is 1. The number of carbonyl (C=O) groups is 2. The molecule has 1 amide bonds. The lowest BCUT2D eigenvalue weighted by atomic mass is 9.75. The van der Waals surface area contributed by atoms with Crippen LogP contribution in [0, 0.1) is 13.8 Å². The molecule has 2 aliphatic heterocycles. The van der Waals surface area contributed by atoms with Gasteiger partial charge in [-0.2, -0.15) is 0 Å². The summed E-state index contributed by atoms with van der Waals surface area (Å²) >= 11 is 0. The normalized spacial score (nSPS) is 26.3. The summed E-state index contributed by atoms with van der Waals surface area (Å²) in [6.45, 7) is 6.78. The van der Waals surface area contributed by atoms with Crippen LogP contribution in [0.25, 0.3) is 0 Å². The number of pyridine rings is 1. The first-order chi connectivity index (χ1) is 13.1. The van der Waals surface area contributed by atoms with Crippen LogP contribution >= 0.6 is 0 Å². The van der Waals surface area contributed by atoms with Gasteiger partial charge in [0.15, 0.2) is 0 Å². The van der Waals surface area contributed by atoms with Crippen LogP contribution in [-0.2, 0) is 20.7 Å². The molecule has 1 aromatic rings. The van der Waals surface area contributed by atoms with Gasteiger partial charge in [-0.15, -0.1) is 0 Å². The number of hydrogen-bond donors (Lipinski definition) is 3. The zero-order chi connectivity index (χ0) is 20.9. The van der Waals surface area contributed by atoms with Gasteiger partial charge in [-0.05, 0) is 51.3 Å². The summed E-state index contributed by atoms with van der Waals surface area (Å²) in [5.41, 5.74) is 0.952. The van der Waals surface area contributed by atoms with Gasteiger partial charge in [0.05, 0.1) is 18.6 Å². The number of nitrogens with zero attached hydrogens (tertiary/aromatic N) is 2. The van der Waals surface area contributed by atoms with Crippen molar-refractivity contribution in [2.75, 3.05) is 19.7 Å². The number of hydrogen-bond acceptors (Lipinski definition) is 6. The maximum atomic E-state index is 12.6. The number of aliphatic hydroxyl groups excluding tert-OH is 1. The predicted octanol–water partition coefficient (Wildman–Crippen LogP) is 0.835. The second-order valence-electron chi connectivity index (χ2n) is 7.84. The number of amides is 1. The van der Waals surface area contributed by atoms with Gasteiger partial charge in [0.2, 0.25) is 5.91 Å². The van der Waals surface area contributed by atoms with E-state index in [1.54, 1.807) is 6.92 Å². The summed E-state index contributed by atoms with van der Waals surface area (Å²) in [6, 6.07) is 3.89. The van der Waals surface area contributed by atoms with E-state index >= 15 is 0 Å². The van der Waals surface area contributed by atoms with Gasteiger partial charge in [0, 0.05) is 30.9 Å². The molecule has 0 aromatic carbocycles. The number of aliphatic hydroxyl groups is 2. The van der Waals surface area contributed by atoms with Crippen molar-refractivity contribution in [3.8, 4) is 0 Å². The highest BCUT2D eigenvalue weighted by Gasteiger charge is 2.52. The minimum atomic E-state index is -1.13. The maximum absolute atomic E-state index is 12.6. The van der Waals surface area contributed by atoms with Gasteiger partial charge in [-0.25, -0.2) is 0 Å². The van der Waals surface area contributed by atoms with Crippen molar-refractivity contribution in [1.29, 1.82) is 0 Å². The van der Waals surface area contributed by atoms with Crippen LogP contribution in [0.4, 0.5) is 0 Å². The van der Waals surface area contributed by atoms with E-state index < -0.39 is 17.3 Å². The molecule has 2 fully saturated rings. The second-order valence-corrected chi connectivity index (χ2v) is 7.84. The lowest BCUT2D eigenvalue weighted by molar-refractivity contribution is -0.245. The lowest BCUT2D eigenvalue weighted by Gasteiger charge is -2.51. The first-order valence-electron chi connectivity index (χ1n) is 9.48. The molecule has 2 aliphatic rings. The van der Waals surface area contributed by atoms with E-state index in [1.165, 1.54) is 0 Å². The Kier molecular flexibility index (Phi) is 7.14. The molecular weight excluding hydrogens is 364 g/mol. The van der Waals surface area contributed by atoms with Gasteiger partial charge in [-0.3, -0.25) is 14.6 Å². The predicted molar refractivity (Wildman–Crippen MR) is 102 cm³/mol. The zero-order valence-corrected chi connectivity index (χ0v) is 16.7. The third-order valence-corrected chi connectivity index (χ3v) is 5.54. The van der Waals surface area contributed by atoms with Crippen LogP contribution in [0.5, 0.6) is 0 Å². The molecule has 156 valence electrons. The molecule has 1 aromatic heterocycles. The van der Waals surface area contributed by atoms with Crippen LogP contribution in [0.15, 0.2) is 12.1 Å². The Balaban J connectivity index is 0.000000878. The van der Waals surface area contributed by atoms with Crippen molar-refractivity contribution in [3.63, 3.8) is 0 Å². The van der Waals surface area contributed by atoms with Crippen molar-refractivity contribution in [1.82, 2.24) is 9.88 Å². The average Bonchev–Trinajstić information content (AvgIpc) is 2.60. The number of carbonyl (C=O) groups excluding carboxylic acids is 1. The van der Waals surface area contributed by atoms with Crippen LogP contribution < -0.4 is 0 Å². The fourth-order valence-electron chi connectivity index (χ4n) is 4.11. The molecule has 3 rings (SSSR count). The van der Waals surface area contributed by atoms with E-state index in [2.05, 4.69) is 4.98 Å². The lowest BCUT2D eigenvalue weighted by Crippen LogP contribution is -2.64. The zero-order valence-electron chi connectivity index (χ0n) is 16.7. The number of rotatable bonds is 2. The standard InChI is InChI=1S/C19H28N2O4.CH2O2/c1-13-10-15(11-14(2)20-13)12-16(22)21-7-4-19(5-8-21)17(23)18(3,24)6-9-25-19;2-1-3/h10-11,17,23-24H,4-9,12H2,1-3H3;1H,(H,2,3)/t17-,18+;/m0./s1. The van der Waals surface area contributed by atoms with Gasteiger partial charge < -0.3 is 25.0 Å². The van der Waals surface area contributed by atoms with Crippen molar-refractivity contribution in [3.05, 3.63) is 29.1 Å². The molecule has 0 saturated carbocycles. The maximum Gasteiger partial charge on any atom is 0.290 e. The molecule has 1 spiro atoms. The number of aryl methyl sites for hydroxylation is 2. The minimum absolute atomic E-state index is 0.0805. The Labute approximate surface area is 165 Å². The highest BCUT2D eigenvalue weighted by molar-refractivity contribution is 5.79. The molecule has 8 heteroatoms. The third kappa shape index (κ3) is 5.06. The molecular formula is C20H30N2O6. The summed E-state index contributed by atoms with van der Waals surface area (Å²) in [7, 11) is 0. The van der Waals surface area contributed by atoms with Crippen LogP contribution in [-0.4, -0.2) is 74.6 Å². The van der Waals surface area contributed by atoms with Crippen LogP contribution in [0.1, 0.15) is 43.1 Å². The van der Waals surface area contributed by atoms with E-state index in [0.717, 1.165) is 17.0 Å². The van der Waals surface area contributed by atoms with E-state index in [-0.39, 0.29) is 12.4 Å². The quantitative estimate of drug-likeness (QED) is 0.636. The van der Waals surface area contributed by atoms with E-state index in [9.17, 15) is 15.0 Å². The Bertz CT molecular complexity index is 678. The Morgan fingerprint density at radius 2 is 1.82 bits per heavy atom. The Morgan fingerprint density at radius 3 is 2.36 bits per heavy atom.